The Kier molecular flexibility index (Phi) is 4.37. The monoisotopic (exact) mass is 387 g/mol. The Labute approximate surface area is 166 Å². The molecule has 0 amide bonds. The molecule has 0 atom stereocenters. The second kappa shape index (κ2) is 7.31. The topological polar surface area (TPSA) is 70.8 Å². The van der Waals surface area contributed by atoms with Crippen molar-refractivity contribution in [3.63, 3.8) is 0 Å². The van der Waals surface area contributed by atoms with Crippen LogP contribution in [0.15, 0.2) is 71.3 Å². The van der Waals surface area contributed by atoms with Crippen molar-refractivity contribution in [2.75, 3.05) is 13.2 Å². The molecule has 0 N–H and O–H groups in total. The van der Waals surface area contributed by atoms with Gasteiger partial charge in [0.15, 0.2) is 17.3 Å². The molecule has 1 aliphatic rings. The van der Waals surface area contributed by atoms with Gasteiger partial charge in [-0.05, 0) is 41.1 Å². The smallest absolute Gasteiger partial charge is 0.338 e. The fourth-order valence-corrected chi connectivity index (χ4v) is 3.25. The maximum Gasteiger partial charge on any atom is 0.338 e. The van der Waals surface area contributed by atoms with Gasteiger partial charge in [0.05, 0.1) is 5.56 Å². The Hall–Kier alpha value is -3.80. The number of fused-ring (bicyclic) bond motifs is 2. The summed E-state index contributed by atoms with van der Waals surface area (Å²) in [6.07, 6.45) is 0. The van der Waals surface area contributed by atoms with E-state index < -0.39 is 5.97 Å². The molecule has 0 fully saturated rings. The summed E-state index contributed by atoms with van der Waals surface area (Å²) in [4.78, 5) is 12.4. The third-order valence-corrected chi connectivity index (χ3v) is 4.72. The van der Waals surface area contributed by atoms with Gasteiger partial charge in [0, 0.05) is 11.6 Å². The number of carbonyl (C=O) groups is 1. The van der Waals surface area contributed by atoms with E-state index in [-0.39, 0.29) is 6.61 Å². The second-order valence-electron chi connectivity index (χ2n) is 6.68. The van der Waals surface area contributed by atoms with Crippen molar-refractivity contribution in [1.29, 1.82) is 0 Å². The summed E-state index contributed by atoms with van der Waals surface area (Å²) in [7, 11) is 0. The van der Waals surface area contributed by atoms with E-state index in [1.807, 2.05) is 54.6 Å². The largest absolute Gasteiger partial charge is 0.486 e. The SMILES string of the molecule is O=C(OCc1cc(-c2ccc3c(c2)OCCO3)on1)c1ccc2ccccc2c1. The van der Waals surface area contributed by atoms with Crippen LogP contribution in [-0.4, -0.2) is 24.3 Å². The Bertz CT molecular complexity index is 1200. The predicted octanol–water partition coefficient (Wildman–Crippen LogP) is 4.62. The van der Waals surface area contributed by atoms with Gasteiger partial charge in [0.25, 0.3) is 0 Å². The van der Waals surface area contributed by atoms with Crippen molar-refractivity contribution < 1.29 is 23.5 Å². The van der Waals surface area contributed by atoms with Crippen molar-refractivity contribution in [3.8, 4) is 22.8 Å². The van der Waals surface area contributed by atoms with Gasteiger partial charge in [-0.2, -0.15) is 0 Å². The first-order valence-electron chi connectivity index (χ1n) is 9.28. The molecule has 29 heavy (non-hydrogen) atoms. The van der Waals surface area contributed by atoms with Gasteiger partial charge in [0.1, 0.15) is 25.5 Å². The van der Waals surface area contributed by atoms with E-state index >= 15 is 0 Å². The minimum Gasteiger partial charge on any atom is -0.486 e. The molecule has 3 aromatic carbocycles. The van der Waals surface area contributed by atoms with Crippen LogP contribution in [0.25, 0.3) is 22.1 Å². The number of nitrogens with zero attached hydrogens (tertiary/aromatic N) is 1. The van der Waals surface area contributed by atoms with E-state index in [1.54, 1.807) is 12.1 Å². The number of benzene rings is 3. The highest BCUT2D eigenvalue weighted by molar-refractivity contribution is 5.95. The predicted molar refractivity (Wildman–Crippen MR) is 106 cm³/mol. The van der Waals surface area contributed by atoms with Crippen LogP contribution in [0.2, 0.25) is 0 Å². The zero-order chi connectivity index (χ0) is 19.6. The summed E-state index contributed by atoms with van der Waals surface area (Å²) in [5.41, 5.74) is 1.84. The Morgan fingerprint density at radius 1 is 0.897 bits per heavy atom. The third-order valence-electron chi connectivity index (χ3n) is 4.72. The molecule has 0 saturated carbocycles. The van der Waals surface area contributed by atoms with Crippen LogP contribution in [0.3, 0.4) is 0 Å². The molecule has 4 aromatic rings. The zero-order valence-corrected chi connectivity index (χ0v) is 15.5. The lowest BCUT2D eigenvalue weighted by Gasteiger charge is -2.18. The lowest BCUT2D eigenvalue weighted by Crippen LogP contribution is -2.15. The Morgan fingerprint density at radius 2 is 1.72 bits per heavy atom. The summed E-state index contributed by atoms with van der Waals surface area (Å²) >= 11 is 0. The average molecular weight is 387 g/mol. The van der Waals surface area contributed by atoms with Crippen LogP contribution in [-0.2, 0) is 11.3 Å². The van der Waals surface area contributed by atoms with E-state index in [1.165, 1.54) is 0 Å². The van der Waals surface area contributed by atoms with Crippen LogP contribution >= 0.6 is 0 Å². The second-order valence-corrected chi connectivity index (χ2v) is 6.68. The first-order valence-corrected chi connectivity index (χ1v) is 9.28. The van der Waals surface area contributed by atoms with Crippen molar-refractivity contribution in [1.82, 2.24) is 5.16 Å². The van der Waals surface area contributed by atoms with Gasteiger partial charge >= 0.3 is 5.97 Å². The quantitative estimate of drug-likeness (QED) is 0.476. The lowest BCUT2D eigenvalue weighted by atomic mass is 10.1. The number of hydrogen-bond donors (Lipinski definition) is 0. The van der Waals surface area contributed by atoms with Crippen LogP contribution < -0.4 is 9.47 Å². The van der Waals surface area contributed by atoms with Crippen molar-refractivity contribution in [2.45, 2.75) is 6.61 Å². The Balaban J connectivity index is 1.28. The molecule has 0 aliphatic carbocycles. The molecule has 0 radical (unpaired) electrons. The van der Waals surface area contributed by atoms with E-state index in [2.05, 4.69) is 5.16 Å². The molecular formula is C23H17NO5. The highest BCUT2D eigenvalue weighted by Gasteiger charge is 2.16. The molecular weight excluding hydrogens is 370 g/mol. The highest BCUT2D eigenvalue weighted by atomic mass is 16.6. The number of aromatic nitrogens is 1. The molecule has 2 heterocycles. The van der Waals surface area contributed by atoms with Crippen molar-refractivity contribution >= 4 is 16.7 Å². The summed E-state index contributed by atoms with van der Waals surface area (Å²) in [6, 6.07) is 20.7. The highest BCUT2D eigenvalue weighted by Crippen LogP contribution is 2.34. The average Bonchev–Trinajstić information content (AvgIpc) is 3.26. The molecule has 0 unspecified atom stereocenters. The molecule has 1 aliphatic heterocycles. The van der Waals surface area contributed by atoms with Crippen molar-refractivity contribution in [3.05, 3.63) is 78.0 Å². The fraction of sp³-hybridized carbons (Fsp3) is 0.130. The number of rotatable bonds is 4. The van der Waals surface area contributed by atoms with Gasteiger partial charge in [-0.1, -0.05) is 35.5 Å². The molecule has 6 heteroatoms. The summed E-state index contributed by atoms with van der Waals surface area (Å²) in [5.74, 6) is 1.55. The third kappa shape index (κ3) is 3.52. The van der Waals surface area contributed by atoms with Gasteiger partial charge in [0.2, 0.25) is 0 Å². The van der Waals surface area contributed by atoms with E-state index in [0.29, 0.717) is 41.7 Å². The molecule has 144 valence electrons. The molecule has 0 saturated heterocycles. The normalized spacial score (nSPS) is 12.7. The molecule has 5 rings (SSSR count). The molecule has 0 spiro atoms. The maximum absolute atomic E-state index is 12.4. The zero-order valence-electron chi connectivity index (χ0n) is 15.5. The standard InChI is InChI=1S/C23H17NO5/c25-23(18-6-5-15-3-1-2-4-16(15)11-18)28-14-19-13-21(29-24-19)17-7-8-20-22(12-17)27-10-9-26-20/h1-8,11-13H,9-10,14H2. The summed E-state index contributed by atoms with van der Waals surface area (Å²) < 4.78 is 21.9. The minimum absolute atomic E-state index is 0.0275. The van der Waals surface area contributed by atoms with Gasteiger partial charge in [-0.25, -0.2) is 4.79 Å². The molecule has 0 bridgehead atoms. The van der Waals surface area contributed by atoms with Gasteiger partial charge in [-0.15, -0.1) is 0 Å². The van der Waals surface area contributed by atoms with E-state index in [9.17, 15) is 4.79 Å². The summed E-state index contributed by atoms with van der Waals surface area (Å²) in [6.45, 7) is 1.09. The first-order chi connectivity index (χ1) is 14.3. The number of hydrogen-bond acceptors (Lipinski definition) is 6. The van der Waals surface area contributed by atoms with Crippen LogP contribution in [0.4, 0.5) is 0 Å². The number of ether oxygens (including phenoxy) is 3. The minimum atomic E-state index is -0.403. The van der Waals surface area contributed by atoms with Crippen LogP contribution in [0, 0.1) is 0 Å². The van der Waals surface area contributed by atoms with Crippen molar-refractivity contribution in [2.24, 2.45) is 0 Å². The number of carbonyl (C=O) groups excluding carboxylic acids is 1. The maximum atomic E-state index is 12.4. The van der Waals surface area contributed by atoms with Gasteiger partial charge < -0.3 is 18.7 Å². The Morgan fingerprint density at radius 3 is 2.62 bits per heavy atom. The summed E-state index contributed by atoms with van der Waals surface area (Å²) in [5, 5.41) is 6.06. The lowest BCUT2D eigenvalue weighted by molar-refractivity contribution is 0.0464. The fourth-order valence-electron chi connectivity index (χ4n) is 3.25. The van der Waals surface area contributed by atoms with Crippen LogP contribution in [0.1, 0.15) is 16.1 Å². The van der Waals surface area contributed by atoms with E-state index in [0.717, 1.165) is 16.3 Å². The van der Waals surface area contributed by atoms with Gasteiger partial charge in [-0.3, -0.25) is 0 Å². The van der Waals surface area contributed by atoms with E-state index in [4.69, 9.17) is 18.7 Å². The first kappa shape index (κ1) is 17.3. The number of esters is 1. The molecule has 6 nitrogen and oxygen atoms in total. The molecule has 1 aromatic heterocycles. The van der Waals surface area contributed by atoms with Crippen LogP contribution in [0.5, 0.6) is 11.5 Å².